The molecule has 0 atom stereocenters. The van der Waals surface area contributed by atoms with E-state index in [2.05, 4.69) is 45.1 Å². The molecule has 25 heavy (non-hydrogen) atoms. The van der Waals surface area contributed by atoms with Crippen molar-refractivity contribution < 1.29 is 4.42 Å². The number of aryl methyl sites for hydroxylation is 1. The van der Waals surface area contributed by atoms with Gasteiger partial charge in [-0.2, -0.15) is 0 Å². The molecule has 0 aromatic carbocycles. The summed E-state index contributed by atoms with van der Waals surface area (Å²) in [7, 11) is 0. The van der Waals surface area contributed by atoms with E-state index in [-0.39, 0.29) is 0 Å². The third-order valence-corrected chi connectivity index (χ3v) is 5.40. The predicted octanol–water partition coefficient (Wildman–Crippen LogP) is 2.83. The average molecular weight is 339 g/mol. The van der Waals surface area contributed by atoms with Gasteiger partial charge in [0.15, 0.2) is 0 Å². The minimum Gasteiger partial charge on any atom is -0.467 e. The second kappa shape index (κ2) is 6.52. The number of likely N-dealkylation sites (N-methyl/N-ethyl adjacent to an activating group) is 1. The maximum Gasteiger partial charge on any atom is 0.146 e. The van der Waals surface area contributed by atoms with E-state index < -0.39 is 0 Å². The van der Waals surface area contributed by atoms with Crippen molar-refractivity contribution in [3.63, 3.8) is 0 Å². The number of fused-ring (bicyclic) bond motifs is 1. The van der Waals surface area contributed by atoms with Gasteiger partial charge in [0.05, 0.1) is 18.2 Å². The molecule has 3 aromatic rings. The highest BCUT2D eigenvalue weighted by molar-refractivity contribution is 5.92. The summed E-state index contributed by atoms with van der Waals surface area (Å²) in [6.07, 6.45) is 3.41. The quantitative estimate of drug-likeness (QED) is 0.731. The lowest BCUT2D eigenvalue weighted by Crippen LogP contribution is -2.46. The first kappa shape index (κ1) is 16.1. The molecule has 4 rings (SSSR count). The van der Waals surface area contributed by atoms with E-state index in [1.54, 1.807) is 12.6 Å². The molecule has 0 bridgehead atoms. The van der Waals surface area contributed by atoms with Crippen LogP contribution in [-0.2, 0) is 6.54 Å². The monoisotopic (exact) mass is 339 g/mol. The van der Waals surface area contributed by atoms with Crippen LogP contribution in [0.4, 0.5) is 5.82 Å². The van der Waals surface area contributed by atoms with Gasteiger partial charge in [0.25, 0.3) is 0 Å². The Hall–Kier alpha value is -2.34. The zero-order valence-corrected chi connectivity index (χ0v) is 15.2. The molecule has 0 radical (unpaired) electrons. The minimum absolute atomic E-state index is 0.698. The Bertz CT molecular complexity index is 860. The number of piperazine rings is 1. The maximum absolute atomic E-state index is 5.54. The smallest absolute Gasteiger partial charge is 0.146 e. The zero-order chi connectivity index (χ0) is 17.4. The Morgan fingerprint density at radius 3 is 2.60 bits per heavy atom. The largest absolute Gasteiger partial charge is 0.467 e. The lowest BCUT2D eigenvalue weighted by molar-refractivity contribution is 0.271. The van der Waals surface area contributed by atoms with Crippen LogP contribution in [0.3, 0.4) is 0 Å². The molecule has 132 valence electrons. The third kappa shape index (κ3) is 2.80. The molecule has 0 N–H and O–H groups in total. The summed E-state index contributed by atoms with van der Waals surface area (Å²) in [5.74, 6) is 2.01. The Morgan fingerprint density at radius 2 is 1.92 bits per heavy atom. The SMILES string of the molecule is CCN1CCN(c2ncnc3c2c(C)c(C)n3Cc2ccco2)CC1. The first-order valence-corrected chi connectivity index (χ1v) is 8.99. The molecule has 1 aliphatic rings. The molecule has 3 aromatic heterocycles. The molecule has 0 amide bonds. The summed E-state index contributed by atoms with van der Waals surface area (Å²) in [6, 6.07) is 3.93. The van der Waals surface area contributed by atoms with Gasteiger partial charge < -0.3 is 18.8 Å². The van der Waals surface area contributed by atoms with Crippen LogP contribution in [0.15, 0.2) is 29.1 Å². The molecule has 0 spiro atoms. The highest BCUT2D eigenvalue weighted by Gasteiger charge is 2.23. The van der Waals surface area contributed by atoms with E-state index in [4.69, 9.17) is 4.42 Å². The van der Waals surface area contributed by atoms with Crippen molar-refractivity contribution in [3.8, 4) is 0 Å². The second-order valence-corrected chi connectivity index (χ2v) is 6.69. The van der Waals surface area contributed by atoms with E-state index in [0.29, 0.717) is 6.54 Å². The summed E-state index contributed by atoms with van der Waals surface area (Å²) in [5, 5.41) is 1.18. The number of rotatable bonds is 4. The highest BCUT2D eigenvalue weighted by Crippen LogP contribution is 2.31. The molecule has 6 heteroatoms. The standard InChI is InChI=1S/C19H25N5O/c1-4-22-7-9-23(10-8-22)18-17-14(2)15(3)24(19(17)21-13-20-18)12-16-6-5-11-25-16/h5-6,11,13H,4,7-10,12H2,1-3H3. The molecule has 0 saturated carbocycles. The normalized spacial score (nSPS) is 16.0. The van der Waals surface area contributed by atoms with Crippen molar-refractivity contribution in [2.24, 2.45) is 0 Å². The summed E-state index contributed by atoms with van der Waals surface area (Å²) in [6.45, 7) is 12.6. The maximum atomic E-state index is 5.54. The Balaban J connectivity index is 1.74. The van der Waals surface area contributed by atoms with Crippen molar-refractivity contribution in [3.05, 3.63) is 41.7 Å². The number of aromatic nitrogens is 3. The van der Waals surface area contributed by atoms with Crippen LogP contribution in [0.2, 0.25) is 0 Å². The molecule has 1 fully saturated rings. The lowest BCUT2D eigenvalue weighted by atomic mass is 10.2. The molecular weight excluding hydrogens is 314 g/mol. The van der Waals surface area contributed by atoms with Gasteiger partial charge in [0, 0.05) is 31.9 Å². The van der Waals surface area contributed by atoms with Gasteiger partial charge in [-0.1, -0.05) is 6.92 Å². The van der Waals surface area contributed by atoms with Gasteiger partial charge in [0.2, 0.25) is 0 Å². The van der Waals surface area contributed by atoms with Gasteiger partial charge >= 0.3 is 0 Å². The Labute approximate surface area is 148 Å². The fourth-order valence-electron chi connectivity index (χ4n) is 3.72. The van der Waals surface area contributed by atoms with Gasteiger partial charge in [-0.3, -0.25) is 0 Å². The van der Waals surface area contributed by atoms with E-state index in [0.717, 1.165) is 49.9 Å². The average Bonchev–Trinajstić information content (AvgIpc) is 3.25. The van der Waals surface area contributed by atoms with Gasteiger partial charge in [-0.05, 0) is 38.1 Å². The zero-order valence-electron chi connectivity index (χ0n) is 15.2. The van der Waals surface area contributed by atoms with Crippen molar-refractivity contribution in [2.45, 2.75) is 27.3 Å². The summed E-state index contributed by atoms with van der Waals surface area (Å²) in [4.78, 5) is 14.1. The second-order valence-electron chi connectivity index (χ2n) is 6.69. The van der Waals surface area contributed by atoms with Crippen LogP contribution < -0.4 is 4.90 Å². The Morgan fingerprint density at radius 1 is 1.12 bits per heavy atom. The van der Waals surface area contributed by atoms with Crippen molar-refractivity contribution in [2.75, 3.05) is 37.6 Å². The number of anilines is 1. The first-order valence-electron chi connectivity index (χ1n) is 8.99. The van der Waals surface area contributed by atoms with Gasteiger partial charge in [-0.25, -0.2) is 9.97 Å². The van der Waals surface area contributed by atoms with E-state index >= 15 is 0 Å². The number of hydrogen-bond acceptors (Lipinski definition) is 5. The van der Waals surface area contributed by atoms with Crippen LogP contribution in [-0.4, -0.2) is 52.2 Å². The van der Waals surface area contributed by atoms with Crippen LogP contribution in [0.5, 0.6) is 0 Å². The lowest BCUT2D eigenvalue weighted by Gasteiger charge is -2.35. The van der Waals surface area contributed by atoms with Gasteiger partial charge in [-0.15, -0.1) is 0 Å². The molecule has 0 unspecified atom stereocenters. The topological polar surface area (TPSA) is 50.3 Å². The fourth-order valence-corrected chi connectivity index (χ4v) is 3.72. The van der Waals surface area contributed by atoms with E-state index in [1.807, 2.05) is 12.1 Å². The molecule has 4 heterocycles. The molecule has 0 aliphatic carbocycles. The third-order valence-electron chi connectivity index (χ3n) is 5.40. The van der Waals surface area contributed by atoms with Crippen molar-refractivity contribution in [1.29, 1.82) is 0 Å². The summed E-state index contributed by atoms with van der Waals surface area (Å²) >= 11 is 0. The van der Waals surface area contributed by atoms with Crippen LogP contribution in [0.25, 0.3) is 11.0 Å². The predicted molar refractivity (Wildman–Crippen MR) is 99.1 cm³/mol. The molecular formula is C19H25N5O. The molecule has 6 nitrogen and oxygen atoms in total. The fraction of sp³-hybridized carbons (Fsp3) is 0.474. The summed E-state index contributed by atoms with van der Waals surface area (Å²) < 4.78 is 7.77. The van der Waals surface area contributed by atoms with Crippen LogP contribution in [0, 0.1) is 13.8 Å². The van der Waals surface area contributed by atoms with Crippen LogP contribution >= 0.6 is 0 Å². The van der Waals surface area contributed by atoms with Crippen molar-refractivity contribution in [1.82, 2.24) is 19.4 Å². The van der Waals surface area contributed by atoms with Gasteiger partial charge in [0.1, 0.15) is 23.6 Å². The summed E-state index contributed by atoms with van der Waals surface area (Å²) in [5.41, 5.74) is 3.48. The van der Waals surface area contributed by atoms with E-state index in [1.165, 1.54) is 16.6 Å². The number of nitrogens with zero attached hydrogens (tertiary/aromatic N) is 5. The highest BCUT2D eigenvalue weighted by atomic mass is 16.3. The number of hydrogen-bond donors (Lipinski definition) is 0. The molecule has 1 saturated heterocycles. The minimum atomic E-state index is 0.698. The number of furan rings is 1. The van der Waals surface area contributed by atoms with Crippen LogP contribution in [0.1, 0.15) is 23.9 Å². The first-order chi connectivity index (χ1) is 12.2. The Kier molecular flexibility index (Phi) is 4.21. The van der Waals surface area contributed by atoms with Crippen molar-refractivity contribution >= 4 is 16.9 Å². The molecule has 1 aliphatic heterocycles. The van der Waals surface area contributed by atoms with E-state index in [9.17, 15) is 0 Å².